The Hall–Kier alpha value is -2.80. The van der Waals surface area contributed by atoms with Crippen molar-refractivity contribution < 1.29 is 14.6 Å². The molecule has 106 valence electrons. The number of carbonyl (C=O) groups is 1. The average Bonchev–Trinajstić information content (AvgIpc) is 2.48. The standard InChI is InChI=1S/C17H15NO3/c18-10-9-13-5-7-16(8-6-13)21-12-15-4-2-1-3-14(15)11-17(19)20/h1-8H,9,11-12H2,(H,19,20). The Morgan fingerprint density at radius 1 is 1.10 bits per heavy atom. The Morgan fingerprint density at radius 3 is 2.38 bits per heavy atom. The lowest BCUT2D eigenvalue weighted by atomic mass is 10.1. The minimum Gasteiger partial charge on any atom is -0.489 e. The molecule has 0 aliphatic carbocycles. The van der Waals surface area contributed by atoms with E-state index in [1.54, 1.807) is 6.07 Å². The first-order valence-electron chi connectivity index (χ1n) is 6.56. The average molecular weight is 281 g/mol. The number of nitrogens with zero attached hydrogens (tertiary/aromatic N) is 1. The summed E-state index contributed by atoms with van der Waals surface area (Å²) in [5, 5.41) is 17.5. The highest BCUT2D eigenvalue weighted by Crippen LogP contribution is 2.16. The van der Waals surface area contributed by atoms with Crippen molar-refractivity contribution in [2.75, 3.05) is 0 Å². The maximum absolute atomic E-state index is 10.8. The fourth-order valence-electron chi connectivity index (χ4n) is 1.99. The van der Waals surface area contributed by atoms with Crippen molar-refractivity contribution in [3.05, 3.63) is 65.2 Å². The predicted octanol–water partition coefficient (Wildman–Crippen LogP) is 2.96. The van der Waals surface area contributed by atoms with Crippen molar-refractivity contribution in [2.45, 2.75) is 19.4 Å². The van der Waals surface area contributed by atoms with Crippen LogP contribution >= 0.6 is 0 Å². The van der Waals surface area contributed by atoms with E-state index in [0.29, 0.717) is 18.8 Å². The highest BCUT2D eigenvalue weighted by molar-refractivity contribution is 5.70. The second-order valence-corrected chi connectivity index (χ2v) is 4.61. The fraction of sp³-hybridized carbons (Fsp3) is 0.176. The fourth-order valence-corrected chi connectivity index (χ4v) is 1.99. The summed E-state index contributed by atoms with van der Waals surface area (Å²) in [5.41, 5.74) is 2.56. The largest absolute Gasteiger partial charge is 0.489 e. The molecule has 0 atom stereocenters. The number of carboxylic acids is 1. The molecule has 2 aromatic carbocycles. The molecule has 0 aromatic heterocycles. The van der Waals surface area contributed by atoms with Gasteiger partial charge >= 0.3 is 5.97 Å². The lowest BCUT2D eigenvalue weighted by molar-refractivity contribution is -0.136. The van der Waals surface area contributed by atoms with Crippen LogP contribution < -0.4 is 4.74 Å². The van der Waals surface area contributed by atoms with Crippen LogP contribution in [0.5, 0.6) is 5.75 Å². The lowest BCUT2D eigenvalue weighted by Crippen LogP contribution is -2.05. The molecule has 1 N–H and O–H groups in total. The maximum atomic E-state index is 10.8. The second kappa shape index (κ2) is 7.11. The number of carboxylic acid groups (broad SMARTS) is 1. The SMILES string of the molecule is N#CCc1ccc(OCc2ccccc2CC(=O)O)cc1. The van der Waals surface area contributed by atoms with E-state index in [1.165, 1.54) is 0 Å². The molecule has 0 aliphatic heterocycles. The summed E-state index contributed by atoms with van der Waals surface area (Å²) in [4.78, 5) is 10.8. The quantitative estimate of drug-likeness (QED) is 0.883. The van der Waals surface area contributed by atoms with Gasteiger partial charge in [-0.1, -0.05) is 36.4 Å². The van der Waals surface area contributed by atoms with Gasteiger partial charge in [-0.3, -0.25) is 4.79 Å². The zero-order valence-corrected chi connectivity index (χ0v) is 11.5. The number of rotatable bonds is 6. The van der Waals surface area contributed by atoms with E-state index < -0.39 is 5.97 Å². The third-order valence-corrected chi connectivity index (χ3v) is 3.06. The van der Waals surface area contributed by atoms with E-state index in [2.05, 4.69) is 6.07 Å². The Kier molecular flexibility index (Phi) is 4.94. The van der Waals surface area contributed by atoms with Crippen LogP contribution in [-0.4, -0.2) is 11.1 Å². The molecule has 2 aromatic rings. The highest BCUT2D eigenvalue weighted by atomic mass is 16.5. The van der Waals surface area contributed by atoms with E-state index in [0.717, 1.165) is 16.7 Å². The zero-order valence-electron chi connectivity index (χ0n) is 11.5. The predicted molar refractivity (Wildman–Crippen MR) is 77.9 cm³/mol. The van der Waals surface area contributed by atoms with Crippen LogP contribution in [0.15, 0.2) is 48.5 Å². The second-order valence-electron chi connectivity index (χ2n) is 4.61. The highest BCUT2D eigenvalue weighted by Gasteiger charge is 2.06. The molecule has 0 fully saturated rings. The van der Waals surface area contributed by atoms with E-state index in [9.17, 15) is 4.79 Å². The van der Waals surface area contributed by atoms with Crippen LogP contribution in [0.2, 0.25) is 0 Å². The van der Waals surface area contributed by atoms with Gasteiger partial charge in [-0.2, -0.15) is 5.26 Å². The number of ether oxygens (including phenoxy) is 1. The molecule has 0 bridgehead atoms. The van der Waals surface area contributed by atoms with E-state index >= 15 is 0 Å². The van der Waals surface area contributed by atoms with Crippen molar-refractivity contribution in [1.29, 1.82) is 5.26 Å². The van der Waals surface area contributed by atoms with Crippen molar-refractivity contribution in [1.82, 2.24) is 0 Å². The van der Waals surface area contributed by atoms with E-state index in [1.807, 2.05) is 42.5 Å². The molecule has 0 radical (unpaired) electrons. The molecule has 0 saturated heterocycles. The third kappa shape index (κ3) is 4.36. The lowest BCUT2D eigenvalue weighted by Gasteiger charge is -2.10. The van der Waals surface area contributed by atoms with Crippen molar-refractivity contribution in [3.8, 4) is 11.8 Å². The normalized spacial score (nSPS) is 9.86. The molecular formula is C17H15NO3. The van der Waals surface area contributed by atoms with Gasteiger partial charge in [0.05, 0.1) is 18.9 Å². The molecule has 2 rings (SSSR count). The summed E-state index contributed by atoms with van der Waals surface area (Å²) < 4.78 is 5.67. The molecule has 4 nitrogen and oxygen atoms in total. The van der Waals surface area contributed by atoms with E-state index in [4.69, 9.17) is 15.1 Å². The molecule has 0 amide bonds. The maximum Gasteiger partial charge on any atom is 0.307 e. The van der Waals surface area contributed by atoms with Gasteiger partial charge in [0, 0.05) is 0 Å². The number of benzene rings is 2. The summed E-state index contributed by atoms with van der Waals surface area (Å²) >= 11 is 0. The van der Waals surface area contributed by atoms with Gasteiger partial charge in [0.1, 0.15) is 12.4 Å². The van der Waals surface area contributed by atoms with Gasteiger partial charge in [0.25, 0.3) is 0 Å². The molecular weight excluding hydrogens is 266 g/mol. The third-order valence-electron chi connectivity index (χ3n) is 3.06. The van der Waals surface area contributed by atoms with Crippen LogP contribution in [0.3, 0.4) is 0 Å². The number of hydrogen-bond acceptors (Lipinski definition) is 3. The molecule has 0 spiro atoms. The molecule has 0 unspecified atom stereocenters. The monoisotopic (exact) mass is 281 g/mol. The molecule has 21 heavy (non-hydrogen) atoms. The first-order valence-corrected chi connectivity index (χ1v) is 6.56. The minimum absolute atomic E-state index is 0.0133. The summed E-state index contributed by atoms with van der Waals surface area (Å²) in [6, 6.07) is 16.7. The molecule has 0 saturated carbocycles. The van der Waals surface area contributed by atoms with Crippen LogP contribution in [-0.2, 0) is 24.2 Å². The summed E-state index contributed by atoms with van der Waals surface area (Å²) in [6.45, 7) is 0.320. The van der Waals surface area contributed by atoms with Crippen LogP contribution in [0, 0.1) is 11.3 Å². The van der Waals surface area contributed by atoms with Gasteiger partial charge in [-0.15, -0.1) is 0 Å². The Morgan fingerprint density at radius 2 is 1.76 bits per heavy atom. The molecule has 4 heteroatoms. The van der Waals surface area contributed by atoms with Gasteiger partial charge in [-0.05, 0) is 28.8 Å². The Bertz CT molecular complexity index is 656. The number of nitriles is 1. The van der Waals surface area contributed by atoms with Gasteiger partial charge in [-0.25, -0.2) is 0 Å². The van der Waals surface area contributed by atoms with Crippen molar-refractivity contribution >= 4 is 5.97 Å². The smallest absolute Gasteiger partial charge is 0.307 e. The van der Waals surface area contributed by atoms with Gasteiger partial charge in [0.15, 0.2) is 0 Å². The molecule has 0 heterocycles. The van der Waals surface area contributed by atoms with Crippen LogP contribution in [0.25, 0.3) is 0 Å². The molecule has 0 aliphatic rings. The number of aliphatic carboxylic acids is 1. The first-order chi connectivity index (χ1) is 10.2. The first kappa shape index (κ1) is 14.6. The minimum atomic E-state index is -0.858. The van der Waals surface area contributed by atoms with Crippen LogP contribution in [0.1, 0.15) is 16.7 Å². The Labute approximate surface area is 123 Å². The zero-order chi connectivity index (χ0) is 15.1. The summed E-state index contributed by atoms with van der Waals surface area (Å²) in [6.07, 6.45) is 0.363. The summed E-state index contributed by atoms with van der Waals surface area (Å²) in [7, 11) is 0. The topological polar surface area (TPSA) is 70.3 Å². The Balaban J connectivity index is 2.02. The van der Waals surface area contributed by atoms with Crippen LogP contribution in [0.4, 0.5) is 0 Å². The van der Waals surface area contributed by atoms with Crippen molar-refractivity contribution in [2.24, 2.45) is 0 Å². The van der Waals surface area contributed by atoms with E-state index in [-0.39, 0.29) is 6.42 Å². The number of hydrogen-bond donors (Lipinski definition) is 1. The van der Waals surface area contributed by atoms with Gasteiger partial charge in [0.2, 0.25) is 0 Å². The van der Waals surface area contributed by atoms with Gasteiger partial charge < -0.3 is 9.84 Å². The summed E-state index contributed by atoms with van der Waals surface area (Å²) in [5.74, 6) is -0.162. The van der Waals surface area contributed by atoms with Crippen molar-refractivity contribution in [3.63, 3.8) is 0 Å².